The first-order valence-corrected chi connectivity index (χ1v) is 11.9. The molecule has 27 heavy (non-hydrogen) atoms. The summed E-state index contributed by atoms with van der Waals surface area (Å²) in [6, 6.07) is 0. The fourth-order valence-corrected chi connectivity index (χ4v) is 5.95. The lowest BCUT2D eigenvalue weighted by atomic mass is 9.97. The largest absolute Gasteiger partial charge is 0.396 e. The number of unbranched alkanes of at least 4 members (excludes halogenated alkanes) is 2. The van der Waals surface area contributed by atoms with Gasteiger partial charge >= 0.3 is 0 Å². The molecule has 1 aliphatic rings. The van der Waals surface area contributed by atoms with Crippen LogP contribution in [0.15, 0.2) is 9.95 Å². The number of fused-ring (bicyclic) bond motifs is 3. The molecule has 0 fully saturated rings. The third kappa shape index (κ3) is 5.13. The summed E-state index contributed by atoms with van der Waals surface area (Å²) in [5, 5.41) is 10.7. The van der Waals surface area contributed by atoms with Crippen molar-refractivity contribution in [2.24, 2.45) is 0 Å². The van der Waals surface area contributed by atoms with Gasteiger partial charge in [0.25, 0.3) is 5.56 Å². The molecule has 1 N–H and O–H groups in total. The molecule has 0 unspecified atom stereocenters. The Balaban J connectivity index is 1.89. The average Bonchev–Trinajstić information content (AvgIpc) is 3.02. The third-order valence-electron chi connectivity index (χ3n) is 5.06. The molecular weight excluding hydrogens is 378 g/mol. The van der Waals surface area contributed by atoms with E-state index in [9.17, 15) is 4.79 Å². The SMILES string of the molecule is CN(C)CCCn1c(SCCCCCO)nc2sc3c(c2c1=O)CCCC3. The maximum Gasteiger partial charge on any atom is 0.263 e. The lowest BCUT2D eigenvalue weighted by Crippen LogP contribution is -2.26. The van der Waals surface area contributed by atoms with Crippen molar-refractivity contribution >= 4 is 33.3 Å². The highest BCUT2D eigenvalue weighted by atomic mass is 32.2. The van der Waals surface area contributed by atoms with Crippen molar-refractivity contribution in [3.05, 3.63) is 20.8 Å². The summed E-state index contributed by atoms with van der Waals surface area (Å²) in [6.07, 6.45) is 8.38. The van der Waals surface area contributed by atoms with Crippen LogP contribution in [0, 0.1) is 0 Å². The molecule has 0 saturated heterocycles. The van der Waals surface area contributed by atoms with Crippen LogP contribution in [0.25, 0.3) is 10.2 Å². The highest BCUT2D eigenvalue weighted by Gasteiger charge is 2.22. The van der Waals surface area contributed by atoms with Gasteiger partial charge in [0.2, 0.25) is 0 Å². The normalized spacial score (nSPS) is 14.2. The first-order chi connectivity index (χ1) is 13.1. The molecule has 0 aromatic carbocycles. The summed E-state index contributed by atoms with van der Waals surface area (Å²) < 4.78 is 1.92. The lowest BCUT2D eigenvalue weighted by Gasteiger charge is -2.15. The fraction of sp³-hybridized carbons (Fsp3) is 0.700. The molecule has 5 nitrogen and oxygen atoms in total. The van der Waals surface area contributed by atoms with Gasteiger partial charge in [-0.3, -0.25) is 9.36 Å². The number of thiophene rings is 1. The second-order valence-electron chi connectivity index (χ2n) is 7.53. The molecule has 0 amide bonds. The molecule has 2 aromatic rings. The van der Waals surface area contributed by atoms with E-state index in [-0.39, 0.29) is 12.2 Å². The van der Waals surface area contributed by atoms with Crippen molar-refractivity contribution in [1.29, 1.82) is 0 Å². The van der Waals surface area contributed by atoms with Gasteiger partial charge in [-0.15, -0.1) is 11.3 Å². The lowest BCUT2D eigenvalue weighted by molar-refractivity contribution is 0.284. The van der Waals surface area contributed by atoms with Crippen LogP contribution in [-0.2, 0) is 19.4 Å². The topological polar surface area (TPSA) is 58.4 Å². The van der Waals surface area contributed by atoms with Gasteiger partial charge in [0.1, 0.15) is 4.83 Å². The summed E-state index contributed by atoms with van der Waals surface area (Å²) in [5.41, 5.74) is 1.44. The van der Waals surface area contributed by atoms with Gasteiger partial charge in [-0.1, -0.05) is 18.2 Å². The minimum atomic E-state index is 0.163. The standard InChI is InChI=1S/C20H31N3O2S2/c1-22(2)11-8-12-23-19(25)17-15-9-4-5-10-16(15)27-18(17)21-20(23)26-14-7-3-6-13-24/h24H,3-14H2,1-2H3. The Labute approximate surface area is 169 Å². The number of hydrogen-bond donors (Lipinski definition) is 1. The summed E-state index contributed by atoms with van der Waals surface area (Å²) in [5.74, 6) is 0.941. The molecule has 0 spiro atoms. The van der Waals surface area contributed by atoms with E-state index < -0.39 is 0 Å². The minimum Gasteiger partial charge on any atom is -0.396 e. The predicted molar refractivity (Wildman–Crippen MR) is 115 cm³/mol. The monoisotopic (exact) mass is 409 g/mol. The van der Waals surface area contributed by atoms with E-state index in [1.54, 1.807) is 23.1 Å². The molecule has 0 saturated carbocycles. The van der Waals surface area contributed by atoms with E-state index in [0.717, 1.165) is 72.7 Å². The van der Waals surface area contributed by atoms with Gasteiger partial charge in [0, 0.05) is 23.8 Å². The molecule has 0 radical (unpaired) electrons. The number of nitrogens with zero attached hydrogens (tertiary/aromatic N) is 3. The first kappa shape index (κ1) is 20.8. The van der Waals surface area contributed by atoms with E-state index in [1.807, 2.05) is 4.57 Å². The molecule has 7 heteroatoms. The highest BCUT2D eigenvalue weighted by Crippen LogP contribution is 2.34. The Bertz CT molecular complexity index is 814. The Morgan fingerprint density at radius 2 is 2.00 bits per heavy atom. The zero-order valence-electron chi connectivity index (χ0n) is 16.5. The van der Waals surface area contributed by atoms with Crippen LogP contribution < -0.4 is 5.56 Å². The van der Waals surface area contributed by atoms with E-state index in [0.29, 0.717) is 0 Å². The Kier molecular flexibility index (Phi) is 7.75. The zero-order valence-corrected chi connectivity index (χ0v) is 18.1. The van der Waals surface area contributed by atoms with Gasteiger partial charge in [0.15, 0.2) is 5.16 Å². The van der Waals surface area contributed by atoms with Crippen molar-refractivity contribution < 1.29 is 5.11 Å². The van der Waals surface area contributed by atoms with E-state index in [1.165, 1.54) is 23.3 Å². The zero-order chi connectivity index (χ0) is 19.2. The van der Waals surface area contributed by atoms with Crippen molar-refractivity contribution in [3.8, 4) is 0 Å². The van der Waals surface area contributed by atoms with E-state index in [4.69, 9.17) is 10.1 Å². The van der Waals surface area contributed by atoms with Gasteiger partial charge in [-0.25, -0.2) is 4.98 Å². The van der Waals surface area contributed by atoms with Gasteiger partial charge in [-0.2, -0.15) is 0 Å². The minimum absolute atomic E-state index is 0.163. The third-order valence-corrected chi connectivity index (χ3v) is 7.31. The molecule has 1 aliphatic carbocycles. The maximum atomic E-state index is 13.4. The Morgan fingerprint density at radius 1 is 1.19 bits per heavy atom. The molecule has 150 valence electrons. The number of thioether (sulfide) groups is 1. The van der Waals surface area contributed by atoms with Crippen molar-refractivity contribution in [2.75, 3.05) is 33.0 Å². The first-order valence-electron chi connectivity index (χ1n) is 10.0. The van der Waals surface area contributed by atoms with Crippen molar-refractivity contribution in [1.82, 2.24) is 14.5 Å². The summed E-state index contributed by atoms with van der Waals surface area (Å²) >= 11 is 3.43. The molecule has 0 bridgehead atoms. The summed E-state index contributed by atoms with van der Waals surface area (Å²) in [6.45, 7) is 1.95. The Hall–Kier alpha value is -0.890. The Morgan fingerprint density at radius 3 is 2.78 bits per heavy atom. The smallest absolute Gasteiger partial charge is 0.263 e. The highest BCUT2D eigenvalue weighted by molar-refractivity contribution is 7.99. The number of aliphatic hydroxyl groups is 1. The van der Waals surface area contributed by atoms with Gasteiger partial charge in [0.05, 0.1) is 5.39 Å². The predicted octanol–water partition coefficient (Wildman–Crippen LogP) is 3.54. The summed E-state index contributed by atoms with van der Waals surface area (Å²) in [7, 11) is 4.13. The molecule has 0 aliphatic heterocycles. The molecule has 3 rings (SSSR count). The second kappa shape index (κ2) is 10.0. The van der Waals surface area contributed by atoms with Gasteiger partial charge < -0.3 is 10.0 Å². The number of aliphatic hydroxyl groups excluding tert-OH is 1. The number of aryl methyl sites for hydroxylation is 2. The molecule has 2 heterocycles. The molecule has 0 atom stereocenters. The quantitative estimate of drug-likeness (QED) is 0.369. The second-order valence-corrected chi connectivity index (χ2v) is 9.68. The van der Waals surface area contributed by atoms with E-state index >= 15 is 0 Å². The van der Waals surface area contributed by atoms with Gasteiger partial charge in [-0.05, 0) is 71.1 Å². The van der Waals surface area contributed by atoms with Crippen LogP contribution in [0.2, 0.25) is 0 Å². The molecular formula is C20H31N3O2S2. The van der Waals surface area contributed by atoms with Crippen LogP contribution in [-0.4, -0.2) is 52.6 Å². The average molecular weight is 410 g/mol. The maximum absolute atomic E-state index is 13.4. The van der Waals surface area contributed by atoms with Crippen LogP contribution in [0.1, 0.15) is 49.0 Å². The molecule has 2 aromatic heterocycles. The number of rotatable bonds is 10. The van der Waals surface area contributed by atoms with Crippen LogP contribution in [0.4, 0.5) is 0 Å². The van der Waals surface area contributed by atoms with E-state index in [2.05, 4.69) is 19.0 Å². The number of hydrogen-bond acceptors (Lipinski definition) is 6. The summed E-state index contributed by atoms with van der Waals surface area (Å²) in [4.78, 5) is 22.8. The van der Waals surface area contributed by atoms with Crippen molar-refractivity contribution in [3.63, 3.8) is 0 Å². The van der Waals surface area contributed by atoms with Crippen LogP contribution in [0.5, 0.6) is 0 Å². The van der Waals surface area contributed by atoms with Crippen LogP contribution >= 0.6 is 23.1 Å². The van der Waals surface area contributed by atoms with Crippen molar-refractivity contribution in [2.45, 2.75) is 63.1 Å². The van der Waals surface area contributed by atoms with Crippen LogP contribution in [0.3, 0.4) is 0 Å². The fourth-order valence-electron chi connectivity index (χ4n) is 3.63. The number of aromatic nitrogens is 2.